The zero-order chi connectivity index (χ0) is 26.4. The van der Waals surface area contributed by atoms with E-state index in [4.69, 9.17) is 4.74 Å². The highest BCUT2D eigenvalue weighted by Crippen LogP contribution is 2.36. The van der Waals surface area contributed by atoms with Crippen molar-refractivity contribution in [3.8, 4) is 33.9 Å². The van der Waals surface area contributed by atoms with Crippen LogP contribution < -0.4 is 4.74 Å². The first-order valence-electron chi connectivity index (χ1n) is 12.8. The molecule has 0 unspecified atom stereocenters. The zero-order valence-corrected chi connectivity index (χ0v) is 22.0. The van der Waals surface area contributed by atoms with Crippen LogP contribution in [0.15, 0.2) is 60.9 Å². The standard InChI is InChI=1S/C29H31N7O2/c1-18(2)36-10-9-23(32-36)17-35-15-22(16-35)25-7-8-26(31-30-25)24-6-5-19(12-27(24)37)20-11-21-14-34(3)33-29(21)28(13-20)38-4/h5-14,18,22,37H,15-17H2,1-4H3. The number of likely N-dealkylation sites (tertiary alicyclic amines) is 1. The summed E-state index contributed by atoms with van der Waals surface area (Å²) >= 11 is 0. The number of fused-ring (bicyclic) bond motifs is 1. The van der Waals surface area contributed by atoms with E-state index in [1.54, 1.807) is 17.9 Å². The van der Waals surface area contributed by atoms with Gasteiger partial charge in [-0.2, -0.15) is 20.4 Å². The molecule has 0 atom stereocenters. The summed E-state index contributed by atoms with van der Waals surface area (Å²) < 4.78 is 9.31. The number of hydrogen-bond donors (Lipinski definition) is 1. The van der Waals surface area contributed by atoms with Crippen LogP contribution in [0.5, 0.6) is 11.5 Å². The average Bonchev–Trinajstić information content (AvgIpc) is 3.51. The van der Waals surface area contributed by atoms with Gasteiger partial charge in [-0.05, 0) is 67.4 Å². The Balaban J connectivity index is 1.14. The Morgan fingerprint density at radius 1 is 1.00 bits per heavy atom. The molecule has 0 radical (unpaired) electrons. The molecular weight excluding hydrogens is 478 g/mol. The summed E-state index contributed by atoms with van der Waals surface area (Å²) in [4.78, 5) is 2.37. The fourth-order valence-electron chi connectivity index (χ4n) is 5.04. The van der Waals surface area contributed by atoms with Crippen molar-refractivity contribution in [2.24, 2.45) is 7.05 Å². The molecule has 0 amide bonds. The molecule has 3 aromatic heterocycles. The molecule has 4 heterocycles. The van der Waals surface area contributed by atoms with Crippen LogP contribution in [-0.2, 0) is 13.6 Å². The minimum absolute atomic E-state index is 0.158. The summed E-state index contributed by atoms with van der Waals surface area (Å²) in [6.07, 6.45) is 3.99. The number of aryl methyl sites for hydroxylation is 1. The molecule has 6 rings (SSSR count). The van der Waals surface area contributed by atoms with Gasteiger partial charge in [0.2, 0.25) is 0 Å². The number of nitrogens with zero attached hydrogens (tertiary/aromatic N) is 7. The smallest absolute Gasteiger partial charge is 0.147 e. The molecule has 1 aliphatic heterocycles. The minimum Gasteiger partial charge on any atom is -0.507 e. The van der Waals surface area contributed by atoms with Crippen LogP contribution in [0.3, 0.4) is 0 Å². The zero-order valence-electron chi connectivity index (χ0n) is 22.0. The highest BCUT2D eigenvalue weighted by molar-refractivity contribution is 5.90. The number of methoxy groups -OCH3 is 1. The van der Waals surface area contributed by atoms with E-state index >= 15 is 0 Å². The second-order valence-corrected chi connectivity index (χ2v) is 10.3. The molecule has 0 bridgehead atoms. The van der Waals surface area contributed by atoms with E-state index in [0.29, 0.717) is 29.0 Å². The molecular formula is C29H31N7O2. The van der Waals surface area contributed by atoms with Crippen LogP contribution in [0.4, 0.5) is 0 Å². The SMILES string of the molecule is COc1cc(-c2ccc(-c3ccc(C4CN(Cc5ccn(C(C)C)n5)C4)nn3)c(O)c2)cc2cn(C)nc12. The number of phenols is 1. The van der Waals surface area contributed by atoms with Crippen molar-refractivity contribution in [2.75, 3.05) is 20.2 Å². The summed E-state index contributed by atoms with van der Waals surface area (Å²) in [6, 6.07) is 16.0. The first-order chi connectivity index (χ1) is 18.4. The normalized spacial score (nSPS) is 14.3. The Labute approximate surface area is 221 Å². The van der Waals surface area contributed by atoms with Gasteiger partial charge in [0.05, 0.1) is 24.2 Å². The number of aromatic hydroxyl groups is 1. The number of hydrogen-bond acceptors (Lipinski definition) is 7. The van der Waals surface area contributed by atoms with E-state index in [1.165, 1.54) is 0 Å². The first kappa shape index (κ1) is 24.1. The van der Waals surface area contributed by atoms with Gasteiger partial charge in [-0.25, -0.2) is 0 Å². The molecule has 38 heavy (non-hydrogen) atoms. The predicted molar refractivity (Wildman–Crippen MR) is 146 cm³/mol. The first-order valence-corrected chi connectivity index (χ1v) is 12.8. The van der Waals surface area contributed by atoms with Gasteiger partial charge in [0.1, 0.15) is 17.0 Å². The highest BCUT2D eigenvalue weighted by Gasteiger charge is 2.30. The van der Waals surface area contributed by atoms with Gasteiger partial charge in [-0.3, -0.25) is 14.3 Å². The van der Waals surface area contributed by atoms with Gasteiger partial charge < -0.3 is 9.84 Å². The second kappa shape index (κ2) is 9.57. The Bertz CT molecular complexity index is 1600. The number of aromatic nitrogens is 6. The molecule has 9 heteroatoms. The molecule has 0 aliphatic carbocycles. The molecule has 0 saturated carbocycles. The lowest BCUT2D eigenvalue weighted by Gasteiger charge is -2.38. The Kier molecular flexibility index (Phi) is 6.07. The van der Waals surface area contributed by atoms with Crippen LogP contribution in [-0.4, -0.2) is 60.0 Å². The van der Waals surface area contributed by atoms with Crippen molar-refractivity contribution in [3.63, 3.8) is 0 Å². The van der Waals surface area contributed by atoms with E-state index in [-0.39, 0.29) is 5.75 Å². The molecule has 5 aromatic rings. The maximum Gasteiger partial charge on any atom is 0.147 e. The lowest BCUT2D eigenvalue weighted by molar-refractivity contribution is 0.134. The number of ether oxygens (including phenoxy) is 1. The summed E-state index contributed by atoms with van der Waals surface area (Å²) in [5.74, 6) is 1.21. The molecule has 1 fully saturated rings. The largest absolute Gasteiger partial charge is 0.507 e. The number of rotatable bonds is 7. The van der Waals surface area contributed by atoms with Crippen molar-refractivity contribution in [3.05, 3.63) is 72.3 Å². The van der Waals surface area contributed by atoms with E-state index in [0.717, 1.165) is 53.1 Å². The topological polar surface area (TPSA) is 94.1 Å². The van der Waals surface area contributed by atoms with E-state index < -0.39 is 0 Å². The van der Waals surface area contributed by atoms with Gasteiger partial charge in [0.15, 0.2) is 0 Å². The summed E-state index contributed by atoms with van der Waals surface area (Å²) in [7, 11) is 3.52. The van der Waals surface area contributed by atoms with Crippen molar-refractivity contribution < 1.29 is 9.84 Å². The maximum atomic E-state index is 10.9. The third-order valence-corrected chi connectivity index (χ3v) is 7.15. The minimum atomic E-state index is 0.158. The van der Waals surface area contributed by atoms with Crippen molar-refractivity contribution in [1.82, 2.24) is 34.7 Å². The molecule has 9 nitrogen and oxygen atoms in total. The summed E-state index contributed by atoms with van der Waals surface area (Å²) in [5.41, 5.74) is 6.00. The quantitative estimate of drug-likeness (QED) is 0.337. The monoisotopic (exact) mass is 509 g/mol. The fourth-order valence-corrected chi connectivity index (χ4v) is 5.04. The molecule has 1 aliphatic rings. The summed E-state index contributed by atoms with van der Waals surface area (Å²) in [5, 5.41) is 29.9. The van der Waals surface area contributed by atoms with Gasteiger partial charge in [-0.15, -0.1) is 0 Å². The second-order valence-electron chi connectivity index (χ2n) is 10.3. The Hall–Kier alpha value is -4.24. The van der Waals surface area contributed by atoms with Crippen LogP contribution in [0.25, 0.3) is 33.3 Å². The van der Waals surface area contributed by atoms with E-state index in [9.17, 15) is 5.11 Å². The van der Waals surface area contributed by atoms with Crippen molar-refractivity contribution in [1.29, 1.82) is 0 Å². The van der Waals surface area contributed by atoms with Gasteiger partial charge in [0.25, 0.3) is 0 Å². The number of benzene rings is 2. The average molecular weight is 510 g/mol. The van der Waals surface area contributed by atoms with Crippen LogP contribution >= 0.6 is 0 Å². The van der Waals surface area contributed by atoms with Crippen LogP contribution in [0.1, 0.15) is 37.2 Å². The third-order valence-electron chi connectivity index (χ3n) is 7.15. The fraction of sp³-hybridized carbons (Fsp3) is 0.310. The maximum absolute atomic E-state index is 10.9. The molecule has 194 valence electrons. The van der Waals surface area contributed by atoms with E-state index in [1.807, 2.05) is 60.5 Å². The molecule has 2 aromatic carbocycles. The van der Waals surface area contributed by atoms with Gasteiger partial charge >= 0.3 is 0 Å². The lowest BCUT2D eigenvalue weighted by Crippen LogP contribution is -2.44. The lowest BCUT2D eigenvalue weighted by atomic mass is 9.95. The van der Waals surface area contributed by atoms with Crippen LogP contribution in [0, 0.1) is 0 Å². The van der Waals surface area contributed by atoms with Crippen LogP contribution in [0.2, 0.25) is 0 Å². The molecule has 1 N–H and O–H groups in total. The van der Waals surface area contributed by atoms with Gasteiger partial charge in [-0.1, -0.05) is 6.07 Å². The predicted octanol–water partition coefficient (Wildman–Crippen LogP) is 4.79. The Morgan fingerprint density at radius 2 is 1.84 bits per heavy atom. The highest BCUT2D eigenvalue weighted by atomic mass is 16.5. The van der Waals surface area contributed by atoms with Crippen molar-refractivity contribution >= 4 is 10.9 Å². The van der Waals surface area contributed by atoms with E-state index in [2.05, 4.69) is 45.2 Å². The Morgan fingerprint density at radius 3 is 2.53 bits per heavy atom. The molecule has 1 saturated heterocycles. The number of phenolic OH excluding ortho intramolecular Hbond substituents is 1. The third kappa shape index (κ3) is 4.50. The molecule has 0 spiro atoms. The summed E-state index contributed by atoms with van der Waals surface area (Å²) in [6.45, 7) is 6.99. The van der Waals surface area contributed by atoms with Gasteiger partial charge in [0, 0.05) is 62.0 Å². The van der Waals surface area contributed by atoms with Crippen molar-refractivity contribution in [2.45, 2.75) is 32.4 Å².